The molecule has 15 heavy (non-hydrogen) atoms. The molecule has 0 aliphatic carbocycles. The Morgan fingerprint density at radius 1 is 1.27 bits per heavy atom. The molecule has 0 heterocycles. The third-order valence-electron chi connectivity index (χ3n) is 1.43. The number of carbonyl (C=O) groups excluding carboxylic acids is 2. The number of rotatable bonds is 5. The fourth-order valence-corrected chi connectivity index (χ4v) is 0.671. The summed E-state index contributed by atoms with van der Waals surface area (Å²) in [5, 5.41) is 15.2. The minimum Gasteiger partial charge on any atom is -0.480 e. The first-order valence-corrected chi connectivity index (χ1v) is 4.24. The van der Waals surface area contributed by atoms with Crippen molar-refractivity contribution < 1.29 is 19.5 Å². The van der Waals surface area contributed by atoms with Gasteiger partial charge in [-0.2, -0.15) is 0 Å². The minimum atomic E-state index is -1.12. The van der Waals surface area contributed by atoms with Crippen molar-refractivity contribution >= 4 is 18.0 Å². The SMILES string of the molecule is CC(NC(=O)NCCNC(N)=O)C(=O)O. The van der Waals surface area contributed by atoms with E-state index in [1.165, 1.54) is 6.92 Å². The van der Waals surface area contributed by atoms with Gasteiger partial charge in [0.15, 0.2) is 0 Å². The predicted octanol–water partition coefficient (Wildman–Crippen LogP) is -1.57. The van der Waals surface area contributed by atoms with Crippen LogP contribution in [0.1, 0.15) is 6.92 Å². The Bertz CT molecular complexity index is 255. The lowest BCUT2D eigenvalue weighted by Crippen LogP contribution is -2.46. The number of urea groups is 2. The van der Waals surface area contributed by atoms with Gasteiger partial charge in [0.1, 0.15) is 6.04 Å². The Labute approximate surface area is 86.2 Å². The number of carboxylic acids is 1. The first kappa shape index (κ1) is 13.0. The van der Waals surface area contributed by atoms with Gasteiger partial charge in [-0.05, 0) is 6.92 Å². The van der Waals surface area contributed by atoms with E-state index in [4.69, 9.17) is 10.8 Å². The van der Waals surface area contributed by atoms with Gasteiger partial charge in [0, 0.05) is 13.1 Å². The Morgan fingerprint density at radius 2 is 1.80 bits per heavy atom. The quantitative estimate of drug-likeness (QED) is 0.356. The summed E-state index contributed by atoms with van der Waals surface area (Å²) in [5.74, 6) is -1.12. The molecule has 0 spiro atoms. The molecular formula is C7H14N4O4. The lowest BCUT2D eigenvalue weighted by Gasteiger charge is -2.10. The van der Waals surface area contributed by atoms with E-state index in [1.54, 1.807) is 0 Å². The van der Waals surface area contributed by atoms with Gasteiger partial charge in [-0.3, -0.25) is 4.79 Å². The van der Waals surface area contributed by atoms with Crippen LogP contribution in [0.3, 0.4) is 0 Å². The summed E-state index contributed by atoms with van der Waals surface area (Å²) >= 11 is 0. The molecule has 0 saturated carbocycles. The van der Waals surface area contributed by atoms with Crippen molar-refractivity contribution in [1.29, 1.82) is 0 Å². The molecule has 8 nitrogen and oxygen atoms in total. The largest absolute Gasteiger partial charge is 0.480 e. The lowest BCUT2D eigenvalue weighted by molar-refractivity contribution is -0.138. The topological polar surface area (TPSA) is 134 Å². The maximum Gasteiger partial charge on any atom is 0.325 e. The molecule has 0 rings (SSSR count). The normalized spacial score (nSPS) is 11.3. The zero-order valence-corrected chi connectivity index (χ0v) is 8.24. The van der Waals surface area contributed by atoms with E-state index >= 15 is 0 Å². The summed E-state index contributed by atoms with van der Waals surface area (Å²) in [6.07, 6.45) is 0. The summed E-state index contributed by atoms with van der Waals surface area (Å²) in [5.41, 5.74) is 4.77. The molecule has 1 atom stereocenters. The number of hydrogen-bond donors (Lipinski definition) is 5. The number of hydrogen-bond acceptors (Lipinski definition) is 3. The molecule has 8 heteroatoms. The van der Waals surface area contributed by atoms with Crippen molar-refractivity contribution in [3.63, 3.8) is 0 Å². The zero-order valence-electron chi connectivity index (χ0n) is 8.24. The maximum absolute atomic E-state index is 11.0. The van der Waals surface area contributed by atoms with E-state index < -0.39 is 24.1 Å². The summed E-state index contributed by atoms with van der Waals surface area (Å²) in [6.45, 7) is 1.69. The van der Waals surface area contributed by atoms with Crippen LogP contribution in [0, 0.1) is 0 Å². The molecule has 86 valence electrons. The number of carbonyl (C=O) groups is 3. The van der Waals surface area contributed by atoms with Gasteiger partial charge in [-0.25, -0.2) is 9.59 Å². The predicted molar refractivity (Wildman–Crippen MR) is 51.2 cm³/mol. The van der Waals surface area contributed by atoms with E-state index in [0.717, 1.165) is 0 Å². The minimum absolute atomic E-state index is 0.168. The van der Waals surface area contributed by atoms with Crippen LogP contribution in [-0.4, -0.2) is 42.3 Å². The number of amides is 4. The van der Waals surface area contributed by atoms with Crippen LogP contribution >= 0.6 is 0 Å². The number of carboxylic acid groups (broad SMARTS) is 1. The first-order chi connectivity index (χ1) is 6.93. The molecule has 0 radical (unpaired) electrons. The summed E-state index contributed by atoms with van der Waals surface area (Å²) < 4.78 is 0. The summed E-state index contributed by atoms with van der Waals surface area (Å²) in [4.78, 5) is 31.5. The third-order valence-corrected chi connectivity index (χ3v) is 1.43. The van der Waals surface area contributed by atoms with Gasteiger partial charge in [0.05, 0.1) is 0 Å². The Hall–Kier alpha value is -1.99. The second kappa shape index (κ2) is 6.46. The molecule has 0 bridgehead atoms. The van der Waals surface area contributed by atoms with Crippen LogP contribution in [0.4, 0.5) is 9.59 Å². The molecule has 0 aliphatic rings. The number of primary amides is 1. The average Bonchev–Trinajstić information content (AvgIpc) is 2.12. The average molecular weight is 218 g/mol. The van der Waals surface area contributed by atoms with Crippen molar-refractivity contribution in [3.05, 3.63) is 0 Å². The van der Waals surface area contributed by atoms with E-state index in [1.807, 2.05) is 0 Å². The molecule has 0 aromatic carbocycles. The highest BCUT2D eigenvalue weighted by Crippen LogP contribution is 1.79. The maximum atomic E-state index is 11.0. The van der Waals surface area contributed by atoms with Gasteiger partial charge < -0.3 is 26.8 Å². The van der Waals surface area contributed by atoms with Crippen LogP contribution in [0.25, 0.3) is 0 Å². The number of nitrogens with one attached hydrogen (secondary N) is 3. The Morgan fingerprint density at radius 3 is 2.27 bits per heavy atom. The fraction of sp³-hybridized carbons (Fsp3) is 0.571. The lowest BCUT2D eigenvalue weighted by atomic mass is 10.3. The summed E-state index contributed by atoms with van der Waals surface area (Å²) in [7, 11) is 0. The molecule has 1 unspecified atom stereocenters. The number of nitrogens with two attached hydrogens (primary N) is 1. The van der Waals surface area contributed by atoms with Crippen molar-refractivity contribution in [2.75, 3.05) is 13.1 Å². The highest BCUT2D eigenvalue weighted by atomic mass is 16.4. The molecule has 0 saturated heterocycles. The molecule has 0 fully saturated rings. The molecule has 0 aliphatic heterocycles. The van der Waals surface area contributed by atoms with E-state index in [-0.39, 0.29) is 13.1 Å². The summed E-state index contributed by atoms with van der Waals surface area (Å²) in [6, 6.07) is -2.26. The van der Waals surface area contributed by atoms with Crippen molar-refractivity contribution in [2.24, 2.45) is 5.73 Å². The van der Waals surface area contributed by atoms with Crippen molar-refractivity contribution in [2.45, 2.75) is 13.0 Å². The van der Waals surface area contributed by atoms with Crippen molar-refractivity contribution in [3.8, 4) is 0 Å². The molecule has 6 N–H and O–H groups in total. The second-order valence-corrected chi connectivity index (χ2v) is 2.75. The van der Waals surface area contributed by atoms with Gasteiger partial charge in [-0.15, -0.1) is 0 Å². The van der Waals surface area contributed by atoms with Gasteiger partial charge in [0.25, 0.3) is 0 Å². The Kier molecular flexibility index (Phi) is 5.60. The highest BCUT2D eigenvalue weighted by molar-refractivity contribution is 5.82. The van der Waals surface area contributed by atoms with E-state index in [0.29, 0.717) is 0 Å². The Balaban J connectivity index is 3.58. The fourth-order valence-electron chi connectivity index (χ4n) is 0.671. The van der Waals surface area contributed by atoms with E-state index in [9.17, 15) is 14.4 Å². The standard InChI is InChI=1S/C7H14N4O4/c1-4(5(12)13)11-7(15)10-3-2-9-6(8)14/h4H,2-3H2,1H3,(H,12,13)(H3,8,9,14)(H2,10,11,15). The first-order valence-electron chi connectivity index (χ1n) is 4.24. The van der Waals surface area contributed by atoms with Crippen LogP contribution in [0.2, 0.25) is 0 Å². The monoisotopic (exact) mass is 218 g/mol. The van der Waals surface area contributed by atoms with Crippen LogP contribution in [0.5, 0.6) is 0 Å². The molecule has 0 aromatic rings. The highest BCUT2D eigenvalue weighted by Gasteiger charge is 2.12. The molecule has 4 amide bonds. The van der Waals surface area contributed by atoms with Crippen LogP contribution in [0.15, 0.2) is 0 Å². The van der Waals surface area contributed by atoms with Gasteiger partial charge in [-0.1, -0.05) is 0 Å². The van der Waals surface area contributed by atoms with E-state index in [2.05, 4.69) is 16.0 Å². The molecular weight excluding hydrogens is 204 g/mol. The van der Waals surface area contributed by atoms with Gasteiger partial charge in [0.2, 0.25) is 0 Å². The third kappa shape index (κ3) is 7.11. The van der Waals surface area contributed by atoms with Crippen LogP contribution < -0.4 is 21.7 Å². The van der Waals surface area contributed by atoms with Crippen LogP contribution in [-0.2, 0) is 4.79 Å². The second-order valence-electron chi connectivity index (χ2n) is 2.75. The van der Waals surface area contributed by atoms with Crippen molar-refractivity contribution in [1.82, 2.24) is 16.0 Å². The zero-order chi connectivity index (χ0) is 11.8. The smallest absolute Gasteiger partial charge is 0.325 e. The van der Waals surface area contributed by atoms with Gasteiger partial charge >= 0.3 is 18.0 Å². The number of aliphatic carboxylic acids is 1. The molecule has 0 aromatic heterocycles.